The van der Waals surface area contributed by atoms with E-state index >= 15 is 0 Å². The number of carbonyl (C=O) groups excluding carboxylic acids is 1. The third-order valence-electron chi connectivity index (χ3n) is 4.32. The molecule has 1 unspecified atom stereocenters. The molecular formula is C18H31KO2. The van der Waals surface area contributed by atoms with Crippen LogP contribution in [0.5, 0.6) is 0 Å². The van der Waals surface area contributed by atoms with Gasteiger partial charge in [0.1, 0.15) is 0 Å². The van der Waals surface area contributed by atoms with Crippen molar-refractivity contribution in [2.45, 2.75) is 89.9 Å². The minimum atomic E-state index is -0.905. The van der Waals surface area contributed by atoms with Crippen LogP contribution in [0.2, 0.25) is 0 Å². The molecule has 0 aromatic carbocycles. The van der Waals surface area contributed by atoms with Crippen LogP contribution in [0.25, 0.3) is 0 Å². The minimum absolute atomic E-state index is 0. The summed E-state index contributed by atoms with van der Waals surface area (Å²) in [4.78, 5) is 10.2. The molecule has 0 fully saturated rings. The van der Waals surface area contributed by atoms with E-state index in [1.165, 1.54) is 70.6 Å². The van der Waals surface area contributed by atoms with Gasteiger partial charge in [-0.1, -0.05) is 69.9 Å². The molecule has 2 nitrogen and oxygen atoms in total. The summed E-state index contributed by atoms with van der Waals surface area (Å²) in [5.41, 5.74) is 0. The zero-order valence-electron chi connectivity index (χ0n) is 13.9. The maximum atomic E-state index is 10.2. The Morgan fingerprint density at radius 1 is 0.905 bits per heavy atom. The second kappa shape index (κ2) is 15.7. The molecule has 0 radical (unpaired) electrons. The van der Waals surface area contributed by atoms with E-state index in [1.54, 1.807) is 0 Å². The van der Waals surface area contributed by atoms with Crippen LogP contribution < -0.4 is 56.5 Å². The predicted molar refractivity (Wildman–Crippen MR) is 82.3 cm³/mol. The standard InChI is InChI=1S/C18H32O2.K/c19-18(20)16-10-8-6-4-2-1-3-5-7-9-13-17-14-11-12-15-17;/h11,14,17H,1-10,12-13,15-16H2,(H,19,20);/q;+1/p-1. The Labute approximate surface area is 173 Å². The first-order valence-electron chi connectivity index (χ1n) is 8.65. The summed E-state index contributed by atoms with van der Waals surface area (Å²) < 4.78 is 0. The maximum absolute atomic E-state index is 10.2. The van der Waals surface area contributed by atoms with Gasteiger partial charge >= 0.3 is 51.4 Å². The number of hydrogen-bond donors (Lipinski definition) is 0. The maximum Gasteiger partial charge on any atom is 1.00 e. The molecule has 1 aliphatic rings. The zero-order chi connectivity index (χ0) is 14.5. The second-order valence-corrected chi connectivity index (χ2v) is 6.21. The third kappa shape index (κ3) is 14.2. The van der Waals surface area contributed by atoms with Crippen molar-refractivity contribution in [3.05, 3.63) is 12.2 Å². The molecule has 116 valence electrons. The van der Waals surface area contributed by atoms with E-state index < -0.39 is 5.97 Å². The zero-order valence-corrected chi connectivity index (χ0v) is 17.1. The van der Waals surface area contributed by atoms with Crippen molar-refractivity contribution in [2.75, 3.05) is 0 Å². The molecule has 0 bridgehead atoms. The molecule has 0 spiro atoms. The molecule has 1 atom stereocenters. The Bertz CT molecular complexity index is 276. The number of hydrogen-bond acceptors (Lipinski definition) is 2. The Kier molecular flexibility index (Phi) is 16.4. The van der Waals surface area contributed by atoms with Gasteiger partial charge in [0.15, 0.2) is 0 Å². The molecule has 0 saturated carbocycles. The molecular weight excluding hydrogens is 287 g/mol. The quantitative estimate of drug-likeness (QED) is 0.292. The number of rotatable bonds is 13. The topological polar surface area (TPSA) is 40.1 Å². The molecule has 1 rings (SSSR count). The number of carbonyl (C=O) groups is 1. The molecule has 0 aromatic heterocycles. The number of carboxylic acids is 1. The SMILES string of the molecule is O=C([O-])CCCCCCCCCCCCC1C=CCC1.[K+]. The van der Waals surface area contributed by atoms with Crippen LogP contribution in [0.3, 0.4) is 0 Å². The first-order chi connectivity index (χ1) is 9.79. The van der Waals surface area contributed by atoms with Crippen LogP contribution in [0.4, 0.5) is 0 Å². The Morgan fingerprint density at radius 2 is 1.43 bits per heavy atom. The Morgan fingerprint density at radius 3 is 1.90 bits per heavy atom. The van der Waals surface area contributed by atoms with Gasteiger partial charge in [0.05, 0.1) is 0 Å². The van der Waals surface area contributed by atoms with Gasteiger partial charge in [-0.05, 0) is 38.0 Å². The fourth-order valence-electron chi connectivity index (χ4n) is 3.03. The Hall–Kier alpha value is 0.846. The smallest absolute Gasteiger partial charge is 0.550 e. The molecule has 0 N–H and O–H groups in total. The first-order valence-corrected chi connectivity index (χ1v) is 8.65. The fourth-order valence-corrected chi connectivity index (χ4v) is 3.03. The minimum Gasteiger partial charge on any atom is -0.550 e. The summed E-state index contributed by atoms with van der Waals surface area (Å²) in [5, 5.41) is 10.2. The van der Waals surface area contributed by atoms with Crippen LogP contribution in [0, 0.1) is 5.92 Å². The molecule has 0 saturated heterocycles. The Balaban J connectivity index is 0.00000400. The van der Waals surface area contributed by atoms with Gasteiger partial charge in [0.2, 0.25) is 0 Å². The summed E-state index contributed by atoms with van der Waals surface area (Å²) in [7, 11) is 0. The van der Waals surface area contributed by atoms with Gasteiger partial charge in [0, 0.05) is 5.97 Å². The number of carboxylic acid groups (broad SMARTS) is 1. The third-order valence-corrected chi connectivity index (χ3v) is 4.32. The summed E-state index contributed by atoms with van der Waals surface area (Å²) in [6.07, 6.45) is 21.6. The molecule has 0 aromatic rings. The van der Waals surface area contributed by atoms with Gasteiger partial charge in [0.25, 0.3) is 0 Å². The van der Waals surface area contributed by atoms with Crippen molar-refractivity contribution in [1.29, 1.82) is 0 Å². The van der Waals surface area contributed by atoms with E-state index in [2.05, 4.69) is 12.2 Å². The monoisotopic (exact) mass is 318 g/mol. The number of unbranched alkanes of at least 4 members (excludes halogenated alkanes) is 9. The van der Waals surface area contributed by atoms with Crippen LogP contribution in [-0.4, -0.2) is 5.97 Å². The molecule has 0 aliphatic heterocycles. The van der Waals surface area contributed by atoms with E-state index in [0.29, 0.717) is 0 Å². The van der Waals surface area contributed by atoms with Gasteiger partial charge in [-0.3, -0.25) is 0 Å². The van der Waals surface area contributed by atoms with Gasteiger partial charge < -0.3 is 9.90 Å². The number of aliphatic carboxylic acids is 1. The molecule has 21 heavy (non-hydrogen) atoms. The summed E-state index contributed by atoms with van der Waals surface area (Å²) in [6, 6.07) is 0. The van der Waals surface area contributed by atoms with E-state index in [4.69, 9.17) is 0 Å². The van der Waals surface area contributed by atoms with Crippen molar-refractivity contribution in [3.63, 3.8) is 0 Å². The van der Waals surface area contributed by atoms with E-state index in [-0.39, 0.29) is 57.8 Å². The van der Waals surface area contributed by atoms with Gasteiger partial charge in [-0.25, -0.2) is 0 Å². The summed E-state index contributed by atoms with van der Waals surface area (Å²) in [5.74, 6) is -0.0194. The van der Waals surface area contributed by atoms with Crippen molar-refractivity contribution >= 4 is 5.97 Å². The average molecular weight is 319 g/mol. The predicted octanol–water partition coefficient (Wildman–Crippen LogP) is 1.39. The largest absolute Gasteiger partial charge is 1.00 e. The van der Waals surface area contributed by atoms with Crippen molar-refractivity contribution in [2.24, 2.45) is 5.92 Å². The summed E-state index contributed by atoms with van der Waals surface area (Å²) in [6.45, 7) is 0. The van der Waals surface area contributed by atoms with Gasteiger partial charge in [-0.15, -0.1) is 0 Å². The van der Waals surface area contributed by atoms with Crippen LogP contribution in [0.1, 0.15) is 89.9 Å². The number of allylic oxidation sites excluding steroid dienone is 2. The molecule has 3 heteroatoms. The molecule has 0 amide bonds. The fraction of sp³-hybridized carbons (Fsp3) is 0.833. The van der Waals surface area contributed by atoms with E-state index in [1.807, 2.05) is 0 Å². The van der Waals surface area contributed by atoms with E-state index in [9.17, 15) is 9.90 Å². The second-order valence-electron chi connectivity index (χ2n) is 6.21. The van der Waals surface area contributed by atoms with Crippen LogP contribution in [0.15, 0.2) is 12.2 Å². The van der Waals surface area contributed by atoms with Crippen molar-refractivity contribution in [3.8, 4) is 0 Å². The first kappa shape index (κ1) is 21.8. The normalized spacial score (nSPS) is 16.9. The molecule has 0 heterocycles. The van der Waals surface area contributed by atoms with Crippen molar-refractivity contribution < 1.29 is 61.3 Å². The van der Waals surface area contributed by atoms with Crippen LogP contribution in [-0.2, 0) is 4.79 Å². The van der Waals surface area contributed by atoms with Crippen LogP contribution >= 0.6 is 0 Å². The van der Waals surface area contributed by atoms with Crippen molar-refractivity contribution in [1.82, 2.24) is 0 Å². The van der Waals surface area contributed by atoms with E-state index in [0.717, 1.165) is 18.8 Å². The van der Waals surface area contributed by atoms with Gasteiger partial charge in [-0.2, -0.15) is 0 Å². The summed E-state index contributed by atoms with van der Waals surface area (Å²) >= 11 is 0. The average Bonchev–Trinajstić information content (AvgIpc) is 2.93. The molecule has 1 aliphatic carbocycles.